The first kappa shape index (κ1) is 15.4. The molecule has 0 bridgehead atoms. The topological polar surface area (TPSA) is 73.3 Å². The van der Waals surface area contributed by atoms with Crippen molar-refractivity contribution in [1.29, 1.82) is 0 Å². The third kappa shape index (κ3) is 2.43. The Hall–Kier alpha value is -2.53. The van der Waals surface area contributed by atoms with Crippen LogP contribution in [-0.2, 0) is 5.66 Å². The number of fused-ring (bicyclic) bond motifs is 1. The van der Waals surface area contributed by atoms with E-state index in [9.17, 15) is 4.39 Å². The maximum atomic E-state index is 14.6. The average molecular weight is 313 g/mol. The zero-order chi connectivity index (χ0) is 16.6. The van der Waals surface area contributed by atoms with Gasteiger partial charge in [-0.25, -0.2) is 4.39 Å². The van der Waals surface area contributed by atoms with Gasteiger partial charge in [-0.3, -0.25) is 0 Å². The van der Waals surface area contributed by atoms with Crippen molar-refractivity contribution in [3.63, 3.8) is 0 Å². The monoisotopic (exact) mass is 313 g/mol. The van der Waals surface area contributed by atoms with E-state index in [4.69, 9.17) is 16.2 Å². The highest BCUT2D eigenvalue weighted by atomic mass is 19.1. The molecule has 1 atom stereocenters. The Morgan fingerprint density at radius 1 is 1.22 bits per heavy atom. The van der Waals surface area contributed by atoms with Crippen LogP contribution in [0.4, 0.5) is 10.1 Å². The van der Waals surface area contributed by atoms with Gasteiger partial charge >= 0.3 is 0 Å². The second kappa shape index (κ2) is 5.59. The molecule has 1 unspecified atom stereocenters. The standard InChI is InChI=1S/C18H20FN3O/c1-3-23-12-5-7-15(16(19)10-12)18(21)14-6-4-11(2)17(20)13(14)8-9-22-18/h4-10,22H,3,20-21H2,1-2H3. The summed E-state index contributed by atoms with van der Waals surface area (Å²) in [5.74, 6) is 0.0543. The summed E-state index contributed by atoms with van der Waals surface area (Å²) in [4.78, 5) is 0. The van der Waals surface area contributed by atoms with Crippen LogP contribution in [0, 0.1) is 12.7 Å². The van der Waals surface area contributed by atoms with Crippen LogP contribution in [0.2, 0.25) is 0 Å². The van der Waals surface area contributed by atoms with E-state index in [1.807, 2.05) is 32.1 Å². The molecule has 0 aromatic heterocycles. The molecule has 5 N–H and O–H groups in total. The predicted octanol–water partition coefficient (Wildman–Crippen LogP) is 2.85. The number of aryl methyl sites for hydroxylation is 1. The number of ether oxygens (including phenoxy) is 1. The van der Waals surface area contributed by atoms with Crippen LogP contribution in [-0.4, -0.2) is 6.61 Å². The largest absolute Gasteiger partial charge is 0.494 e. The molecular formula is C18H20FN3O. The summed E-state index contributed by atoms with van der Waals surface area (Å²) >= 11 is 0. The number of anilines is 1. The maximum absolute atomic E-state index is 14.6. The first-order valence-electron chi connectivity index (χ1n) is 7.53. The highest BCUT2D eigenvalue weighted by Crippen LogP contribution is 2.36. The zero-order valence-electron chi connectivity index (χ0n) is 13.2. The molecule has 4 nitrogen and oxygen atoms in total. The Balaban J connectivity index is 2.14. The smallest absolute Gasteiger partial charge is 0.142 e. The summed E-state index contributed by atoms with van der Waals surface area (Å²) in [6.07, 6.45) is 3.56. The molecule has 0 saturated carbocycles. The molecule has 1 heterocycles. The minimum Gasteiger partial charge on any atom is -0.494 e. The van der Waals surface area contributed by atoms with Crippen LogP contribution in [0.15, 0.2) is 36.5 Å². The van der Waals surface area contributed by atoms with Crippen molar-refractivity contribution in [3.8, 4) is 5.75 Å². The molecule has 3 rings (SSSR count). The van der Waals surface area contributed by atoms with Gasteiger partial charge in [0, 0.05) is 28.4 Å². The maximum Gasteiger partial charge on any atom is 0.142 e. The van der Waals surface area contributed by atoms with E-state index in [1.165, 1.54) is 6.07 Å². The van der Waals surface area contributed by atoms with Crippen molar-refractivity contribution in [2.24, 2.45) is 5.73 Å². The number of nitrogens with two attached hydrogens (primary N) is 2. The molecule has 0 saturated heterocycles. The highest BCUT2D eigenvalue weighted by molar-refractivity contribution is 5.74. The molecule has 1 aliphatic rings. The van der Waals surface area contributed by atoms with Gasteiger partial charge in [-0.1, -0.05) is 12.1 Å². The van der Waals surface area contributed by atoms with Gasteiger partial charge in [0.15, 0.2) is 0 Å². The zero-order valence-corrected chi connectivity index (χ0v) is 13.2. The Labute approximate surface area is 134 Å². The molecule has 120 valence electrons. The summed E-state index contributed by atoms with van der Waals surface area (Å²) < 4.78 is 20.0. The molecule has 2 aromatic rings. The summed E-state index contributed by atoms with van der Waals surface area (Å²) in [6, 6.07) is 8.49. The fraction of sp³-hybridized carbons (Fsp3) is 0.222. The molecule has 5 heteroatoms. The van der Waals surface area contributed by atoms with Gasteiger partial charge < -0.3 is 21.5 Å². The van der Waals surface area contributed by atoms with E-state index in [0.29, 0.717) is 23.6 Å². The Kier molecular flexibility index (Phi) is 3.74. The second-order valence-electron chi connectivity index (χ2n) is 5.62. The molecule has 1 aliphatic heterocycles. The fourth-order valence-electron chi connectivity index (χ4n) is 2.90. The summed E-state index contributed by atoms with van der Waals surface area (Å²) in [5.41, 5.74) is 15.0. The normalized spacial score (nSPS) is 19.1. The van der Waals surface area contributed by atoms with Crippen LogP contribution in [0.25, 0.3) is 6.08 Å². The third-order valence-corrected chi connectivity index (χ3v) is 4.17. The lowest BCUT2D eigenvalue weighted by molar-refractivity contribution is 0.336. The Bertz CT molecular complexity index is 788. The van der Waals surface area contributed by atoms with Gasteiger partial charge in [-0.05, 0) is 43.8 Å². The summed E-state index contributed by atoms with van der Waals surface area (Å²) in [6.45, 7) is 4.26. The first-order valence-corrected chi connectivity index (χ1v) is 7.53. The minimum atomic E-state index is -1.18. The number of halogens is 1. The van der Waals surface area contributed by atoms with Crippen molar-refractivity contribution >= 4 is 11.8 Å². The van der Waals surface area contributed by atoms with Crippen LogP contribution in [0.3, 0.4) is 0 Å². The number of hydrogen-bond acceptors (Lipinski definition) is 4. The van der Waals surface area contributed by atoms with E-state index < -0.39 is 11.5 Å². The lowest BCUT2D eigenvalue weighted by atomic mass is 9.84. The van der Waals surface area contributed by atoms with Gasteiger partial charge in [0.1, 0.15) is 17.2 Å². The molecule has 2 aromatic carbocycles. The van der Waals surface area contributed by atoms with Crippen molar-refractivity contribution in [3.05, 3.63) is 64.6 Å². The van der Waals surface area contributed by atoms with Crippen molar-refractivity contribution in [1.82, 2.24) is 5.32 Å². The van der Waals surface area contributed by atoms with Gasteiger partial charge in [0.25, 0.3) is 0 Å². The molecule has 0 radical (unpaired) electrons. The minimum absolute atomic E-state index is 0.342. The fourth-order valence-corrected chi connectivity index (χ4v) is 2.90. The van der Waals surface area contributed by atoms with Crippen LogP contribution in [0.5, 0.6) is 5.75 Å². The van der Waals surface area contributed by atoms with Gasteiger partial charge in [0.2, 0.25) is 0 Å². The van der Waals surface area contributed by atoms with Gasteiger partial charge in [0.05, 0.1) is 6.61 Å². The van der Waals surface area contributed by atoms with Crippen molar-refractivity contribution in [2.75, 3.05) is 12.3 Å². The van der Waals surface area contributed by atoms with E-state index in [0.717, 1.165) is 16.7 Å². The molecule has 0 fully saturated rings. The lowest BCUT2D eigenvalue weighted by Gasteiger charge is -2.36. The van der Waals surface area contributed by atoms with E-state index in [2.05, 4.69) is 5.32 Å². The molecular weight excluding hydrogens is 293 g/mol. The van der Waals surface area contributed by atoms with Crippen LogP contribution < -0.4 is 21.5 Å². The van der Waals surface area contributed by atoms with Crippen LogP contribution >= 0.6 is 0 Å². The second-order valence-corrected chi connectivity index (χ2v) is 5.62. The molecule has 0 spiro atoms. The number of nitrogens with one attached hydrogen (secondary N) is 1. The average Bonchev–Trinajstić information content (AvgIpc) is 2.52. The number of benzene rings is 2. The van der Waals surface area contributed by atoms with Gasteiger partial charge in [-0.15, -0.1) is 0 Å². The van der Waals surface area contributed by atoms with Gasteiger partial charge in [-0.2, -0.15) is 0 Å². The first-order chi connectivity index (χ1) is 11.0. The quantitative estimate of drug-likeness (QED) is 0.762. The van der Waals surface area contributed by atoms with E-state index >= 15 is 0 Å². The van der Waals surface area contributed by atoms with Crippen LogP contribution in [0.1, 0.15) is 29.2 Å². The number of hydrogen-bond donors (Lipinski definition) is 3. The van der Waals surface area contributed by atoms with Crippen molar-refractivity contribution in [2.45, 2.75) is 19.5 Å². The third-order valence-electron chi connectivity index (χ3n) is 4.17. The highest BCUT2D eigenvalue weighted by Gasteiger charge is 2.35. The number of rotatable bonds is 3. The SMILES string of the molecule is CCOc1ccc(C2(N)NC=Cc3c2ccc(C)c3N)c(F)c1. The number of nitrogen functional groups attached to an aromatic ring is 1. The molecule has 0 amide bonds. The summed E-state index contributed by atoms with van der Waals surface area (Å²) in [7, 11) is 0. The lowest BCUT2D eigenvalue weighted by Crippen LogP contribution is -2.51. The molecule has 23 heavy (non-hydrogen) atoms. The predicted molar refractivity (Wildman–Crippen MR) is 90.3 cm³/mol. The Morgan fingerprint density at radius 2 is 1.96 bits per heavy atom. The molecule has 0 aliphatic carbocycles. The van der Waals surface area contributed by atoms with E-state index in [-0.39, 0.29) is 0 Å². The van der Waals surface area contributed by atoms with E-state index in [1.54, 1.807) is 18.3 Å². The van der Waals surface area contributed by atoms with Crippen molar-refractivity contribution < 1.29 is 9.13 Å². The summed E-state index contributed by atoms with van der Waals surface area (Å²) in [5, 5.41) is 3.07. The Morgan fingerprint density at radius 3 is 2.65 bits per heavy atom.